The highest BCUT2D eigenvalue weighted by Gasteiger charge is 2.36. The van der Waals surface area contributed by atoms with Gasteiger partial charge in [0.05, 0.1) is 12.7 Å². The van der Waals surface area contributed by atoms with Crippen molar-refractivity contribution in [2.24, 2.45) is 0 Å². The van der Waals surface area contributed by atoms with Gasteiger partial charge in [-0.1, -0.05) is 85.0 Å². The van der Waals surface area contributed by atoms with Crippen molar-refractivity contribution >= 4 is 27.5 Å². The summed E-state index contributed by atoms with van der Waals surface area (Å²) in [5, 5.41) is 5.52. The summed E-state index contributed by atoms with van der Waals surface area (Å²) in [5.74, 6) is 4.42. The monoisotopic (exact) mass is 676 g/mol. The maximum atomic E-state index is 7.07. The molecule has 0 bridgehead atoms. The van der Waals surface area contributed by atoms with Crippen LogP contribution in [0.25, 0.3) is 49.8 Å². The van der Waals surface area contributed by atoms with E-state index in [0.29, 0.717) is 6.42 Å². The molecule has 6 nitrogen and oxygen atoms in total. The van der Waals surface area contributed by atoms with Crippen molar-refractivity contribution in [3.8, 4) is 45.3 Å². The molecule has 1 aliphatic carbocycles. The first-order chi connectivity index (χ1) is 25.8. The number of furan rings is 1. The van der Waals surface area contributed by atoms with Crippen LogP contribution in [0.1, 0.15) is 34.9 Å². The van der Waals surface area contributed by atoms with E-state index >= 15 is 0 Å². The Balaban J connectivity index is 1.09. The van der Waals surface area contributed by atoms with E-state index in [-0.39, 0.29) is 17.9 Å². The summed E-state index contributed by atoms with van der Waals surface area (Å²) in [4.78, 5) is 4.30. The molecule has 5 heterocycles. The van der Waals surface area contributed by atoms with Crippen LogP contribution in [0.15, 0.2) is 156 Å². The topological polar surface area (TPSA) is 65.8 Å². The standard InChI is InChI=1S/C46H32N2O4/c1-3-11-37-31(7-1)32-8-2-4-12-38(32)50-42-24-28(30-10-6-14-40-46(30)36-20-22-48-26-44(36)52-40)16-18-34(42)33-17-15-27(23-41(33)49-37)29-9-5-13-39-45(29)35-19-21-47-25-43(35)51-39/h1-23,26,28,35,43,47H,24-25H2. The number of aromatic nitrogens is 1. The maximum Gasteiger partial charge on any atom is 0.153 e. The lowest BCUT2D eigenvalue weighted by Crippen LogP contribution is -2.33. The first-order valence-electron chi connectivity index (χ1n) is 17.8. The minimum Gasteiger partial charge on any atom is -0.487 e. The molecular weight excluding hydrogens is 645 g/mol. The Labute approximate surface area is 300 Å². The number of ether oxygens (including phenoxy) is 3. The molecule has 0 saturated heterocycles. The average molecular weight is 677 g/mol. The maximum absolute atomic E-state index is 7.07. The molecular formula is C46H32N2O4. The van der Waals surface area contributed by atoms with Crippen LogP contribution in [-0.4, -0.2) is 17.6 Å². The fourth-order valence-electron chi connectivity index (χ4n) is 8.46. The van der Waals surface area contributed by atoms with Crippen molar-refractivity contribution in [3.63, 3.8) is 0 Å². The van der Waals surface area contributed by atoms with E-state index in [4.69, 9.17) is 18.6 Å². The molecule has 2 aromatic heterocycles. The molecule has 0 radical (unpaired) electrons. The third-order valence-corrected chi connectivity index (χ3v) is 10.9. The number of hydrogen-bond donors (Lipinski definition) is 1. The van der Waals surface area contributed by atoms with Crippen LogP contribution in [0.5, 0.6) is 23.0 Å². The molecule has 52 heavy (non-hydrogen) atoms. The van der Waals surface area contributed by atoms with Crippen molar-refractivity contribution in [2.45, 2.75) is 24.4 Å². The van der Waals surface area contributed by atoms with Gasteiger partial charge in [-0.15, -0.1) is 0 Å². The summed E-state index contributed by atoms with van der Waals surface area (Å²) in [6.45, 7) is 0.785. The minimum atomic E-state index is 0.0559. The lowest BCUT2D eigenvalue weighted by molar-refractivity contribution is 0.214. The molecule has 0 saturated carbocycles. The van der Waals surface area contributed by atoms with Crippen LogP contribution in [0.3, 0.4) is 0 Å². The number of hydrogen-bond acceptors (Lipinski definition) is 6. The lowest BCUT2D eigenvalue weighted by atomic mass is 9.84. The SMILES string of the molecule is C1=CC2c3c(cccc3-c3ccc4c(c3)Oc3ccccc3-c3ccccc3OC3=C4C=CC(c4cccc5oc6cnccc6c45)C3)OC2CN1. The summed E-state index contributed by atoms with van der Waals surface area (Å²) >= 11 is 0. The smallest absolute Gasteiger partial charge is 0.153 e. The molecule has 3 atom stereocenters. The van der Waals surface area contributed by atoms with Gasteiger partial charge in [-0.2, -0.15) is 0 Å². The molecule has 11 rings (SSSR count). The van der Waals surface area contributed by atoms with Crippen LogP contribution in [0, 0.1) is 0 Å². The third-order valence-electron chi connectivity index (χ3n) is 10.9. The van der Waals surface area contributed by atoms with E-state index in [1.54, 1.807) is 6.20 Å². The molecule has 7 aromatic rings. The van der Waals surface area contributed by atoms with Crippen LogP contribution in [0.2, 0.25) is 0 Å². The van der Waals surface area contributed by atoms with Gasteiger partial charge < -0.3 is 23.9 Å². The quantitative estimate of drug-likeness (QED) is 0.197. The van der Waals surface area contributed by atoms with Crippen molar-refractivity contribution in [3.05, 3.63) is 168 Å². The van der Waals surface area contributed by atoms with Gasteiger partial charge in [0.15, 0.2) is 5.58 Å². The number of nitrogens with one attached hydrogen (secondary N) is 1. The molecule has 0 fully saturated rings. The predicted octanol–water partition coefficient (Wildman–Crippen LogP) is 10.9. The van der Waals surface area contributed by atoms with Gasteiger partial charge in [-0.3, -0.25) is 4.98 Å². The summed E-state index contributed by atoms with van der Waals surface area (Å²) in [6, 6.07) is 37.7. The van der Waals surface area contributed by atoms with Crippen molar-refractivity contribution in [1.29, 1.82) is 0 Å². The van der Waals surface area contributed by atoms with Gasteiger partial charge in [0.1, 0.15) is 40.4 Å². The zero-order chi connectivity index (χ0) is 34.2. The zero-order valence-corrected chi connectivity index (χ0v) is 28.1. The number of allylic oxidation sites excluding steroid dienone is 4. The molecule has 0 amide bonds. The Kier molecular flexibility index (Phi) is 6.46. The summed E-state index contributed by atoms with van der Waals surface area (Å²) in [5.41, 5.74) is 10.2. The van der Waals surface area contributed by atoms with Crippen LogP contribution >= 0.6 is 0 Å². The molecule has 6 heteroatoms. The molecule has 1 N–H and O–H groups in total. The summed E-state index contributed by atoms with van der Waals surface area (Å²) in [6.07, 6.45) is 13.1. The van der Waals surface area contributed by atoms with E-state index < -0.39 is 0 Å². The number of nitrogens with zero attached hydrogens (tertiary/aromatic N) is 1. The van der Waals surface area contributed by atoms with Crippen LogP contribution in [0.4, 0.5) is 0 Å². The Morgan fingerprint density at radius 1 is 0.673 bits per heavy atom. The van der Waals surface area contributed by atoms with Crippen molar-refractivity contribution < 1.29 is 18.6 Å². The van der Waals surface area contributed by atoms with Gasteiger partial charge in [-0.25, -0.2) is 0 Å². The Morgan fingerprint density at radius 3 is 2.38 bits per heavy atom. The fraction of sp³-hybridized carbons (Fsp3) is 0.109. The van der Waals surface area contributed by atoms with Gasteiger partial charge >= 0.3 is 0 Å². The highest BCUT2D eigenvalue weighted by Crippen LogP contribution is 2.50. The number of para-hydroxylation sites is 2. The van der Waals surface area contributed by atoms with Gasteiger partial charge in [0.25, 0.3) is 0 Å². The van der Waals surface area contributed by atoms with Gasteiger partial charge in [0.2, 0.25) is 0 Å². The van der Waals surface area contributed by atoms with Crippen LogP contribution < -0.4 is 19.5 Å². The summed E-state index contributed by atoms with van der Waals surface area (Å²) < 4.78 is 26.7. The summed E-state index contributed by atoms with van der Waals surface area (Å²) in [7, 11) is 0. The minimum absolute atomic E-state index is 0.0559. The zero-order valence-electron chi connectivity index (χ0n) is 28.1. The molecule has 250 valence electrons. The largest absolute Gasteiger partial charge is 0.487 e. The third kappa shape index (κ3) is 4.54. The Morgan fingerprint density at radius 2 is 1.48 bits per heavy atom. The molecule has 5 aromatic carbocycles. The molecule has 4 aliphatic rings. The number of benzene rings is 5. The highest BCUT2D eigenvalue weighted by atomic mass is 16.5. The number of fused-ring (bicyclic) bond motifs is 11. The molecule has 3 unspecified atom stereocenters. The van der Waals surface area contributed by atoms with E-state index in [1.807, 2.05) is 54.9 Å². The first-order valence-corrected chi connectivity index (χ1v) is 17.8. The second kappa shape index (κ2) is 11.5. The van der Waals surface area contributed by atoms with Crippen molar-refractivity contribution in [1.82, 2.24) is 10.3 Å². The van der Waals surface area contributed by atoms with Crippen molar-refractivity contribution in [2.75, 3.05) is 6.54 Å². The van der Waals surface area contributed by atoms with E-state index in [2.05, 4.69) is 95.3 Å². The van der Waals surface area contributed by atoms with E-state index in [1.165, 1.54) is 11.1 Å². The fourth-order valence-corrected chi connectivity index (χ4v) is 8.46. The first kappa shape index (κ1) is 29.2. The highest BCUT2D eigenvalue weighted by molar-refractivity contribution is 6.06. The lowest BCUT2D eigenvalue weighted by Gasteiger charge is -2.27. The number of rotatable bonds is 2. The number of pyridine rings is 1. The van der Waals surface area contributed by atoms with E-state index in [0.717, 1.165) is 90.6 Å². The normalized spacial score (nSPS) is 19.6. The van der Waals surface area contributed by atoms with Crippen LogP contribution in [-0.2, 0) is 0 Å². The Bertz CT molecular complexity index is 2680. The van der Waals surface area contributed by atoms with Gasteiger partial charge in [0, 0.05) is 63.1 Å². The predicted molar refractivity (Wildman–Crippen MR) is 204 cm³/mol. The Hall–Kier alpha value is -6.53. The second-order valence-electron chi connectivity index (χ2n) is 13.8. The molecule has 0 spiro atoms. The van der Waals surface area contributed by atoms with Gasteiger partial charge in [-0.05, 0) is 65.4 Å². The van der Waals surface area contributed by atoms with E-state index in [9.17, 15) is 0 Å². The average Bonchev–Trinajstić information content (AvgIpc) is 3.77. The second-order valence-corrected chi connectivity index (χ2v) is 13.8. The molecule has 3 aliphatic heterocycles.